The Morgan fingerprint density at radius 2 is 2.28 bits per heavy atom. The highest BCUT2D eigenvalue weighted by molar-refractivity contribution is 5.71. The fraction of sp³-hybridized carbons (Fsp3) is 0.286. The molecule has 0 saturated heterocycles. The third kappa shape index (κ3) is 2.35. The van der Waals surface area contributed by atoms with Crippen LogP contribution in [-0.4, -0.2) is 16.9 Å². The number of ether oxygens (including phenoxy) is 1. The van der Waals surface area contributed by atoms with E-state index in [4.69, 9.17) is 10.00 Å². The van der Waals surface area contributed by atoms with Crippen LogP contribution in [0.15, 0.2) is 30.6 Å². The monoisotopic (exact) mass is 241 g/mol. The summed E-state index contributed by atoms with van der Waals surface area (Å²) in [5, 5.41) is 13.2. The number of hydrogen-bond donors (Lipinski definition) is 0. The molecule has 0 aliphatic heterocycles. The van der Waals surface area contributed by atoms with Crippen molar-refractivity contribution in [3.8, 4) is 22.9 Å². The van der Waals surface area contributed by atoms with E-state index in [1.165, 1.54) is 0 Å². The number of nitriles is 1. The third-order valence-corrected chi connectivity index (χ3v) is 2.73. The molecule has 0 radical (unpaired) electrons. The lowest BCUT2D eigenvalue weighted by molar-refractivity contribution is 0.416. The van der Waals surface area contributed by atoms with Crippen LogP contribution >= 0.6 is 0 Å². The minimum Gasteiger partial charge on any atom is -0.496 e. The first-order chi connectivity index (χ1) is 8.78. The molecule has 0 aliphatic rings. The van der Waals surface area contributed by atoms with E-state index >= 15 is 0 Å². The van der Waals surface area contributed by atoms with E-state index in [9.17, 15) is 0 Å². The van der Waals surface area contributed by atoms with Crippen LogP contribution in [0.25, 0.3) is 11.1 Å². The summed E-state index contributed by atoms with van der Waals surface area (Å²) in [4.78, 5) is 0. The topological polar surface area (TPSA) is 50.8 Å². The van der Waals surface area contributed by atoms with Crippen LogP contribution < -0.4 is 4.74 Å². The van der Waals surface area contributed by atoms with Gasteiger partial charge in [-0.1, -0.05) is 6.92 Å². The van der Waals surface area contributed by atoms with Crippen molar-refractivity contribution in [1.29, 1.82) is 5.26 Å². The molecule has 0 atom stereocenters. The molecular formula is C14H15N3O. The van der Waals surface area contributed by atoms with Crippen molar-refractivity contribution in [2.24, 2.45) is 0 Å². The first-order valence-corrected chi connectivity index (χ1v) is 5.89. The van der Waals surface area contributed by atoms with Crippen LogP contribution in [0, 0.1) is 11.3 Å². The second-order valence-corrected chi connectivity index (χ2v) is 4.02. The molecule has 4 heteroatoms. The van der Waals surface area contributed by atoms with E-state index < -0.39 is 0 Å². The van der Waals surface area contributed by atoms with Gasteiger partial charge in [-0.2, -0.15) is 10.4 Å². The molecule has 0 unspecified atom stereocenters. The highest BCUT2D eigenvalue weighted by Gasteiger charge is 2.09. The lowest BCUT2D eigenvalue weighted by Gasteiger charge is -2.06. The molecule has 0 bridgehead atoms. The maximum atomic E-state index is 8.95. The quantitative estimate of drug-likeness (QED) is 0.827. The zero-order chi connectivity index (χ0) is 13.0. The Morgan fingerprint density at radius 3 is 2.94 bits per heavy atom. The van der Waals surface area contributed by atoms with Crippen molar-refractivity contribution in [3.63, 3.8) is 0 Å². The summed E-state index contributed by atoms with van der Waals surface area (Å²) in [6.45, 7) is 3.00. The highest BCUT2D eigenvalue weighted by Crippen LogP contribution is 2.30. The van der Waals surface area contributed by atoms with Crippen LogP contribution in [0.1, 0.15) is 18.9 Å². The molecule has 92 valence electrons. The molecule has 1 heterocycles. The highest BCUT2D eigenvalue weighted by atomic mass is 16.5. The zero-order valence-corrected chi connectivity index (χ0v) is 10.6. The lowest BCUT2D eigenvalue weighted by atomic mass is 10.1. The van der Waals surface area contributed by atoms with Crippen LogP contribution in [0.3, 0.4) is 0 Å². The molecule has 0 fully saturated rings. The standard InChI is InChI=1S/C14H15N3O/c1-3-6-17-10-12(9-16-17)13-7-11(8-15)4-5-14(13)18-2/h4-5,7,9-10H,3,6H2,1-2H3. The van der Waals surface area contributed by atoms with Crippen LogP contribution in [0.2, 0.25) is 0 Å². The second-order valence-electron chi connectivity index (χ2n) is 4.02. The Bertz CT molecular complexity index is 581. The van der Waals surface area contributed by atoms with Crippen molar-refractivity contribution in [2.75, 3.05) is 7.11 Å². The van der Waals surface area contributed by atoms with Crippen LogP contribution in [-0.2, 0) is 6.54 Å². The molecule has 2 aromatic rings. The average molecular weight is 241 g/mol. The maximum absolute atomic E-state index is 8.95. The van der Waals surface area contributed by atoms with Gasteiger partial charge in [0.25, 0.3) is 0 Å². The lowest BCUT2D eigenvalue weighted by Crippen LogP contribution is -1.95. The van der Waals surface area contributed by atoms with Crippen molar-refractivity contribution in [3.05, 3.63) is 36.2 Å². The second kappa shape index (κ2) is 5.37. The van der Waals surface area contributed by atoms with Gasteiger partial charge in [0.15, 0.2) is 0 Å². The number of aromatic nitrogens is 2. The van der Waals surface area contributed by atoms with Crippen molar-refractivity contribution >= 4 is 0 Å². The predicted octanol–water partition coefficient (Wildman–Crippen LogP) is 2.84. The van der Waals surface area contributed by atoms with Gasteiger partial charge in [0.2, 0.25) is 0 Å². The van der Waals surface area contributed by atoms with Gasteiger partial charge < -0.3 is 4.74 Å². The van der Waals surface area contributed by atoms with Gasteiger partial charge in [-0.15, -0.1) is 0 Å². The van der Waals surface area contributed by atoms with E-state index in [0.717, 1.165) is 29.8 Å². The summed E-state index contributed by atoms with van der Waals surface area (Å²) < 4.78 is 7.22. The molecule has 0 aliphatic carbocycles. The Hall–Kier alpha value is -2.28. The fourth-order valence-electron chi connectivity index (χ4n) is 1.86. The smallest absolute Gasteiger partial charge is 0.126 e. The van der Waals surface area contributed by atoms with Gasteiger partial charge >= 0.3 is 0 Å². The van der Waals surface area contributed by atoms with E-state index in [1.807, 2.05) is 23.0 Å². The number of rotatable bonds is 4. The van der Waals surface area contributed by atoms with E-state index in [2.05, 4.69) is 18.1 Å². The molecule has 2 rings (SSSR count). The molecule has 4 nitrogen and oxygen atoms in total. The van der Waals surface area contributed by atoms with Gasteiger partial charge in [-0.25, -0.2) is 0 Å². The van der Waals surface area contributed by atoms with Crippen molar-refractivity contribution < 1.29 is 4.74 Å². The number of nitrogens with zero attached hydrogens (tertiary/aromatic N) is 3. The molecule has 1 aromatic heterocycles. The van der Waals surface area contributed by atoms with Gasteiger partial charge in [0, 0.05) is 23.9 Å². The first kappa shape index (κ1) is 12.2. The summed E-state index contributed by atoms with van der Waals surface area (Å²) in [7, 11) is 1.63. The molecule has 0 saturated carbocycles. The Balaban J connectivity index is 2.44. The van der Waals surface area contributed by atoms with Gasteiger partial charge in [0.1, 0.15) is 5.75 Å². The minimum atomic E-state index is 0.619. The Kier molecular flexibility index (Phi) is 3.63. The first-order valence-electron chi connectivity index (χ1n) is 5.89. The molecule has 1 aromatic carbocycles. The number of methoxy groups -OCH3 is 1. The largest absolute Gasteiger partial charge is 0.496 e. The van der Waals surface area contributed by atoms with E-state index in [1.54, 1.807) is 19.4 Å². The van der Waals surface area contributed by atoms with Gasteiger partial charge in [0.05, 0.1) is 24.9 Å². The Morgan fingerprint density at radius 1 is 1.44 bits per heavy atom. The summed E-state index contributed by atoms with van der Waals surface area (Å²) >= 11 is 0. The minimum absolute atomic E-state index is 0.619. The van der Waals surface area contributed by atoms with Crippen molar-refractivity contribution in [1.82, 2.24) is 9.78 Å². The summed E-state index contributed by atoms with van der Waals surface area (Å²) in [5.41, 5.74) is 2.49. The molecule has 0 N–H and O–H groups in total. The van der Waals surface area contributed by atoms with E-state index in [0.29, 0.717) is 5.56 Å². The molecule has 18 heavy (non-hydrogen) atoms. The Labute approximate surface area is 106 Å². The van der Waals surface area contributed by atoms with Crippen molar-refractivity contribution in [2.45, 2.75) is 19.9 Å². The third-order valence-electron chi connectivity index (χ3n) is 2.73. The van der Waals surface area contributed by atoms with E-state index in [-0.39, 0.29) is 0 Å². The number of hydrogen-bond acceptors (Lipinski definition) is 3. The average Bonchev–Trinajstić information content (AvgIpc) is 2.87. The fourth-order valence-corrected chi connectivity index (χ4v) is 1.86. The normalized spacial score (nSPS) is 10.1. The van der Waals surface area contributed by atoms with Crippen LogP contribution in [0.5, 0.6) is 5.75 Å². The van der Waals surface area contributed by atoms with Gasteiger partial charge in [-0.05, 0) is 24.6 Å². The predicted molar refractivity (Wildman–Crippen MR) is 69.2 cm³/mol. The number of benzene rings is 1. The zero-order valence-electron chi connectivity index (χ0n) is 10.6. The maximum Gasteiger partial charge on any atom is 0.126 e. The summed E-state index contributed by atoms with van der Waals surface area (Å²) in [6, 6.07) is 7.52. The summed E-state index contributed by atoms with van der Waals surface area (Å²) in [6.07, 6.45) is 4.81. The number of aryl methyl sites for hydroxylation is 1. The molecular weight excluding hydrogens is 226 g/mol. The van der Waals surface area contributed by atoms with Gasteiger partial charge in [-0.3, -0.25) is 4.68 Å². The summed E-state index contributed by atoms with van der Waals surface area (Å²) in [5.74, 6) is 0.755. The van der Waals surface area contributed by atoms with Crippen LogP contribution in [0.4, 0.5) is 0 Å². The molecule has 0 amide bonds. The SMILES string of the molecule is CCCn1cc(-c2cc(C#N)ccc2OC)cn1. The molecule has 0 spiro atoms.